The number of carbonyl (C=O) groups is 1. The highest BCUT2D eigenvalue weighted by molar-refractivity contribution is 5.72. The maximum Gasteiger partial charge on any atom is 0.309 e. The lowest BCUT2D eigenvalue weighted by atomic mass is 9.90. The molecule has 2 aliphatic rings. The number of nitrogens with two attached hydrogens (primary N) is 4. The van der Waals surface area contributed by atoms with Gasteiger partial charge in [-0.3, -0.25) is 19.5 Å². The second kappa shape index (κ2) is 30.0. The Morgan fingerprint density at radius 3 is 1.32 bits per heavy atom. The molecule has 358 valence electrons. The van der Waals surface area contributed by atoms with Gasteiger partial charge in [-0.15, -0.1) is 0 Å². The summed E-state index contributed by atoms with van der Waals surface area (Å²) >= 11 is 0. The second-order valence-corrected chi connectivity index (χ2v) is 18.2. The lowest BCUT2D eigenvalue weighted by molar-refractivity contribution is -0.149. The van der Waals surface area contributed by atoms with Crippen molar-refractivity contribution in [2.24, 2.45) is 11.8 Å². The molecule has 2 aliphatic heterocycles. The van der Waals surface area contributed by atoms with E-state index in [1.807, 2.05) is 55.5 Å². The number of nitrogen functional groups attached to an aromatic ring is 4. The van der Waals surface area contributed by atoms with Crippen LogP contribution in [0.4, 0.5) is 22.7 Å². The van der Waals surface area contributed by atoms with Crippen molar-refractivity contribution in [3.05, 3.63) is 155 Å². The zero-order chi connectivity index (χ0) is 47.5. The van der Waals surface area contributed by atoms with Gasteiger partial charge in [0.2, 0.25) is 0 Å². The number of likely N-dealkylation sites (tertiary alicyclic amines) is 2. The van der Waals surface area contributed by atoms with Crippen LogP contribution in [0.5, 0.6) is 0 Å². The number of hydrogen-bond acceptors (Lipinski definition) is 10. The number of carbonyl (C=O) groups excluding carboxylic acids is 1. The minimum atomic E-state index is -0.0327. The van der Waals surface area contributed by atoms with E-state index in [9.17, 15) is 4.79 Å². The van der Waals surface area contributed by atoms with Gasteiger partial charge in [0.05, 0.1) is 12.5 Å². The second-order valence-electron chi connectivity index (χ2n) is 18.2. The Balaban J connectivity index is 0.000000197. The molecule has 2 heterocycles. The molecule has 5 aromatic rings. The third-order valence-electron chi connectivity index (χ3n) is 12.0. The number of hydrogen-bond donors (Lipinski definition) is 4. The van der Waals surface area contributed by atoms with Crippen LogP contribution in [0.2, 0.25) is 0 Å². The first kappa shape index (κ1) is 53.2. The summed E-state index contributed by atoms with van der Waals surface area (Å²) in [5.74, 6) is 0.896. The molecule has 7 rings (SSSR count). The molecule has 66 heavy (non-hydrogen) atoms. The molecule has 5 aromatic carbocycles. The molecule has 0 aliphatic carbocycles. The minimum absolute atomic E-state index is 0.0327. The first-order valence-electron chi connectivity index (χ1n) is 24.3. The van der Waals surface area contributed by atoms with Gasteiger partial charge in [-0.2, -0.15) is 0 Å². The number of anilines is 4. The standard InChI is InChI=1S/C19H24N2.C15H22N2O2.C13H22N2.C9H14N2/c20-19-8-6-18(7-9-19)15-21-12-10-17(11-13-21)14-16-4-2-1-3-5-16;1-2-19-15(18)13-7-9-17(10-8-13)11-12-3-5-14(16)6-4-12;1-3-9-15(10-4-2)11-12-5-7-13(14)8-6-12;1-11(2)7-8-3-5-9(10)6-4-8/h1-9,17H,10-15,20H2;3-6,13H,2,7-11,16H2,1H3;5-8H,3-4,9-11,14H2,1-2H3;3-6H,7,10H2,1-2H3. The lowest BCUT2D eigenvalue weighted by Gasteiger charge is -2.32. The summed E-state index contributed by atoms with van der Waals surface area (Å²) in [6.07, 6.45) is 8.08. The molecular formula is C56H82N8O2. The average molecular weight is 899 g/mol. The van der Waals surface area contributed by atoms with Gasteiger partial charge in [-0.05, 0) is 187 Å². The fourth-order valence-electron chi connectivity index (χ4n) is 8.42. The summed E-state index contributed by atoms with van der Waals surface area (Å²) in [4.78, 5) is 21.2. The summed E-state index contributed by atoms with van der Waals surface area (Å²) in [5.41, 5.74) is 32.7. The Morgan fingerprint density at radius 2 is 0.924 bits per heavy atom. The predicted octanol–water partition coefficient (Wildman–Crippen LogP) is 9.99. The molecule has 10 heteroatoms. The molecule has 0 saturated carbocycles. The van der Waals surface area contributed by atoms with Crippen molar-refractivity contribution >= 4 is 28.7 Å². The third-order valence-corrected chi connectivity index (χ3v) is 12.0. The Hall–Kier alpha value is -5.39. The van der Waals surface area contributed by atoms with Gasteiger partial charge in [-0.25, -0.2) is 0 Å². The van der Waals surface area contributed by atoms with E-state index >= 15 is 0 Å². The molecular weight excluding hydrogens is 817 g/mol. The molecule has 0 amide bonds. The first-order valence-corrected chi connectivity index (χ1v) is 24.3. The van der Waals surface area contributed by atoms with Crippen LogP contribution < -0.4 is 22.9 Å². The lowest BCUT2D eigenvalue weighted by Crippen LogP contribution is -2.36. The van der Waals surface area contributed by atoms with Gasteiger partial charge < -0.3 is 32.6 Å². The SMILES string of the molecule is CCCN(CCC)Cc1ccc(N)cc1.CCOC(=O)C1CCN(Cc2ccc(N)cc2)CC1.CN(C)Cc1ccc(N)cc1.Nc1ccc(CN2CCC(Cc3ccccc3)CC2)cc1. The van der Waals surface area contributed by atoms with E-state index in [2.05, 4.69) is 126 Å². The van der Waals surface area contributed by atoms with E-state index in [-0.39, 0.29) is 11.9 Å². The zero-order valence-corrected chi connectivity index (χ0v) is 40.9. The van der Waals surface area contributed by atoms with Crippen molar-refractivity contribution in [3.63, 3.8) is 0 Å². The third kappa shape index (κ3) is 21.3. The Kier molecular flexibility index (Phi) is 24.2. The average Bonchev–Trinajstić information content (AvgIpc) is 3.31. The summed E-state index contributed by atoms with van der Waals surface area (Å²) in [6.45, 7) is 17.5. The van der Waals surface area contributed by atoms with Crippen LogP contribution in [0.1, 0.15) is 87.1 Å². The van der Waals surface area contributed by atoms with E-state index in [1.54, 1.807) is 0 Å². The summed E-state index contributed by atoms with van der Waals surface area (Å²) in [7, 11) is 4.10. The number of ether oxygens (including phenoxy) is 1. The van der Waals surface area contributed by atoms with E-state index < -0.39 is 0 Å². The molecule has 2 saturated heterocycles. The Labute approximate surface area is 398 Å². The summed E-state index contributed by atoms with van der Waals surface area (Å²) in [5, 5.41) is 0. The summed E-state index contributed by atoms with van der Waals surface area (Å²) in [6, 6.07) is 43.3. The molecule has 8 N–H and O–H groups in total. The predicted molar refractivity (Wildman–Crippen MR) is 279 cm³/mol. The number of nitrogens with zero attached hydrogens (tertiary/aromatic N) is 4. The quantitative estimate of drug-likeness (QED) is 0.0558. The number of benzene rings is 5. The number of piperidine rings is 2. The van der Waals surface area contributed by atoms with Gasteiger partial charge >= 0.3 is 5.97 Å². The highest BCUT2D eigenvalue weighted by atomic mass is 16.5. The smallest absolute Gasteiger partial charge is 0.309 e. The number of esters is 1. The Bertz CT molecular complexity index is 2000. The van der Waals surface area contributed by atoms with Crippen LogP contribution in [-0.4, -0.2) is 85.5 Å². The maximum atomic E-state index is 11.6. The van der Waals surface area contributed by atoms with E-state index in [1.165, 1.54) is 86.1 Å². The van der Waals surface area contributed by atoms with E-state index in [0.717, 1.165) is 80.8 Å². The van der Waals surface area contributed by atoms with Crippen molar-refractivity contribution in [2.75, 3.05) is 82.9 Å². The van der Waals surface area contributed by atoms with Crippen molar-refractivity contribution in [1.82, 2.24) is 19.6 Å². The van der Waals surface area contributed by atoms with Gasteiger partial charge in [0.25, 0.3) is 0 Å². The van der Waals surface area contributed by atoms with E-state index in [4.69, 9.17) is 27.7 Å². The van der Waals surface area contributed by atoms with Crippen molar-refractivity contribution in [2.45, 2.75) is 91.9 Å². The molecule has 2 fully saturated rings. The largest absolute Gasteiger partial charge is 0.466 e. The molecule has 0 atom stereocenters. The first-order chi connectivity index (χ1) is 31.9. The van der Waals surface area contributed by atoms with Crippen molar-refractivity contribution in [1.29, 1.82) is 0 Å². The van der Waals surface area contributed by atoms with Crippen LogP contribution in [0.25, 0.3) is 0 Å². The summed E-state index contributed by atoms with van der Waals surface area (Å²) < 4.78 is 5.08. The Morgan fingerprint density at radius 1 is 0.530 bits per heavy atom. The topological polar surface area (TPSA) is 143 Å². The highest BCUT2D eigenvalue weighted by Gasteiger charge is 2.26. The van der Waals surface area contributed by atoms with Gasteiger partial charge in [0.1, 0.15) is 0 Å². The fraction of sp³-hybridized carbons (Fsp3) is 0.446. The normalized spacial score (nSPS) is 14.6. The minimum Gasteiger partial charge on any atom is -0.466 e. The molecule has 0 unspecified atom stereocenters. The fourth-order valence-corrected chi connectivity index (χ4v) is 8.42. The van der Waals surface area contributed by atoms with Crippen LogP contribution >= 0.6 is 0 Å². The van der Waals surface area contributed by atoms with Crippen molar-refractivity contribution < 1.29 is 9.53 Å². The van der Waals surface area contributed by atoms with Crippen LogP contribution in [-0.2, 0) is 42.1 Å². The van der Waals surface area contributed by atoms with E-state index in [0.29, 0.717) is 6.61 Å². The van der Waals surface area contributed by atoms with Gasteiger partial charge in [-0.1, -0.05) is 92.7 Å². The van der Waals surface area contributed by atoms with Crippen LogP contribution in [0.3, 0.4) is 0 Å². The maximum absolute atomic E-state index is 11.6. The van der Waals surface area contributed by atoms with Crippen LogP contribution in [0.15, 0.2) is 127 Å². The number of rotatable bonds is 16. The van der Waals surface area contributed by atoms with Crippen LogP contribution in [0, 0.1) is 11.8 Å². The zero-order valence-electron chi connectivity index (χ0n) is 40.9. The molecule has 0 spiro atoms. The van der Waals surface area contributed by atoms with Crippen molar-refractivity contribution in [3.8, 4) is 0 Å². The monoisotopic (exact) mass is 899 g/mol. The van der Waals surface area contributed by atoms with Gasteiger partial charge in [0.15, 0.2) is 0 Å². The molecule has 0 aromatic heterocycles. The van der Waals surface area contributed by atoms with Gasteiger partial charge in [0, 0.05) is 48.9 Å². The molecule has 10 nitrogen and oxygen atoms in total. The molecule has 0 radical (unpaired) electrons. The highest BCUT2D eigenvalue weighted by Crippen LogP contribution is 2.24. The molecule has 0 bridgehead atoms.